The zero-order valence-corrected chi connectivity index (χ0v) is 11.8. The van der Waals surface area contributed by atoms with Crippen LogP contribution in [0, 0.1) is 12.3 Å². The van der Waals surface area contributed by atoms with Gasteiger partial charge in [-0.3, -0.25) is 4.79 Å². The minimum Gasteiger partial charge on any atom is -0.324 e. The van der Waals surface area contributed by atoms with E-state index in [2.05, 4.69) is 26.2 Å². The van der Waals surface area contributed by atoms with E-state index in [4.69, 9.17) is 11.6 Å². The first kappa shape index (κ1) is 13.5. The van der Waals surface area contributed by atoms with E-state index in [9.17, 15) is 4.79 Å². The molecule has 88 valence electrons. The number of amides is 1. The maximum atomic E-state index is 11.9. The predicted molar refractivity (Wildman–Crippen MR) is 69.8 cm³/mol. The van der Waals surface area contributed by atoms with E-state index in [1.165, 1.54) is 0 Å². The van der Waals surface area contributed by atoms with Gasteiger partial charge in [0.1, 0.15) is 4.60 Å². The average molecular weight is 306 g/mol. The number of rotatable bonds is 3. The number of carbonyl (C=O) groups is 1. The Morgan fingerprint density at radius 2 is 2.19 bits per heavy atom. The molecule has 1 N–H and O–H groups in total. The maximum absolute atomic E-state index is 11.9. The fraction of sp³-hybridized carbons (Fsp3) is 0.455. The second-order valence-corrected chi connectivity index (χ2v) is 5.32. The zero-order valence-electron chi connectivity index (χ0n) is 9.47. The van der Waals surface area contributed by atoms with Gasteiger partial charge < -0.3 is 5.32 Å². The minimum atomic E-state index is -0.582. The Morgan fingerprint density at radius 1 is 1.56 bits per heavy atom. The van der Waals surface area contributed by atoms with E-state index in [1.807, 2.05) is 13.0 Å². The number of nitrogens with zero attached hydrogens (tertiary/aromatic N) is 1. The van der Waals surface area contributed by atoms with Crippen molar-refractivity contribution in [3.8, 4) is 0 Å². The summed E-state index contributed by atoms with van der Waals surface area (Å²) < 4.78 is 0.750. The topological polar surface area (TPSA) is 42.0 Å². The molecule has 1 rings (SSSR count). The van der Waals surface area contributed by atoms with Crippen molar-refractivity contribution >= 4 is 39.1 Å². The van der Waals surface area contributed by atoms with Gasteiger partial charge in [-0.25, -0.2) is 4.98 Å². The summed E-state index contributed by atoms with van der Waals surface area (Å²) in [6.07, 6.45) is 0. The highest BCUT2D eigenvalue weighted by Crippen LogP contribution is 2.22. The number of aryl methyl sites for hydroxylation is 1. The Labute approximate surface area is 109 Å². The fourth-order valence-corrected chi connectivity index (χ4v) is 1.53. The number of nitrogens with one attached hydrogen (secondary N) is 1. The number of hydrogen-bond donors (Lipinski definition) is 1. The van der Waals surface area contributed by atoms with Gasteiger partial charge in [0.2, 0.25) is 5.91 Å². The van der Waals surface area contributed by atoms with E-state index in [-0.39, 0.29) is 11.8 Å². The molecule has 0 saturated heterocycles. The highest BCUT2D eigenvalue weighted by atomic mass is 79.9. The lowest BCUT2D eigenvalue weighted by atomic mass is 9.95. The molecule has 0 unspecified atom stereocenters. The number of alkyl halides is 1. The summed E-state index contributed by atoms with van der Waals surface area (Å²) in [6.45, 7) is 5.45. The van der Waals surface area contributed by atoms with Gasteiger partial charge in [0.25, 0.3) is 0 Å². The summed E-state index contributed by atoms with van der Waals surface area (Å²) >= 11 is 9.01. The number of pyridine rings is 1. The van der Waals surface area contributed by atoms with Crippen molar-refractivity contribution in [2.75, 3.05) is 11.2 Å². The molecule has 0 radical (unpaired) electrons. The quantitative estimate of drug-likeness (QED) is 0.687. The highest BCUT2D eigenvalue weighted by Gasteiger charge is 2.26. The molecule has 1 heterocycles. The zero-order chi connectivity index (χ0) is 12.3. The summed E-state index contributed by atoms with van der Waals surface area (Å²) in [5.74, 6) is 0.177. The van der Waals surface area contributed by atoms with Crippen molar-refractivity contribution in [1.29, 1.82) is 0 Å². The molecule has 16 heavy (non-hydrogen) atoms. The van der Waals surface area contributed by atoms with E-state index in [0.29, 0.717) is 5.69 Å². The smallest absolute Gasteiger partial charge is 0.231 e. The van der Waals surface area contributed by atoms with Crippen molar-refractivity contribution in [3.05, 3.63) is 22.4 Å². The van der Waals surface area contributed by atoms with Gasteiger partial charge in [-0.15, -0.1) is 11.6 Å². The van der Waals surface area contributed by atoms with E-state index in [1.54, 1.807) is 19.9 Å². The van der Waals surface area contributed by atoms with Crippen LogP contribution in [0.5, 0.6) is 0 Å². The molecule has 1 amide bonds. The van der Waals surface area contributed by atoms with Gasteiger partial charge >= 0.3 is 0 Å². The van der Waals surface area contributed by atoms with Crippen molar-refractivity contribution in [2.45, 2.75) is 20.8 Å². The number of carbonyl (C=O) groups excluding carboxylic acids is 1. The Morgan fingerprint density at radius 3 is 2.69 bits per heavy atom. The molecule has 0 aromatic carbocycles. The molecule has 5 heteroatoms. The molecule has 1 aromatic heterocycles. The van der Waals surface area contributed by atoms with Crippen LogP contribution in [-0.2, 0) is 4.79 Å². The first-order valence-corrected chi connectivity index (χ1v) is 6.20. The average Bonchev–Trinajstić information content (AvgIpc) is 2.22. The van der Waals surface area contributed by atoms with E-state index in [0.717, 1.165) is 10.3 Å². The SMILES string of the molecule is Cc1nc(Br)ccc1NC(=O)C(C)(C)CCl. The fourth-order valence-electron chi connectivity index (χ4n) is 1.01. The van der Waals surface area contributed by atoms with Crippen LogP contribution >= 0.6 is 27.5 Å². The second kappa shape index (κ2) is 5.15. The molecule has 0 atom stereocenters. The molecule has 0 bridgehead atoms. The summed E-state index contributed by atoms with van der Waals surface area (Å²) in [5.41, 5.74) is 0.903. The monoisotopic (exact) mass is 304 g/mol. The number of anilines is 1. The van der Waals surface area contributed by atoms with Crippen LogP contribution in [0.25, 0.3) is 0 Å². The Bertz CT molecular complexity index is 407. The van der Waals surface area contributed by atoms with Crippen LogP contribution in [-0.4, -0.2) is 16.8 Å². The molecular weight excluding hydrogens is 291 g/mol. The van der Waals surface area contributed by atoms with Crippen molar-refractivity contribution in [3.63, 3.8) is 0 Å². The molecule has 0 aliphatic heterocycles. The third kappa shape index (κ3) is 3.19. The number of aromatic nitrogens is 1. The van der Waals surface area contributed by atoms with Crippen molar-refractivity contribution in [1.82, 2.24) is 4.98 Å². The Kier molecular flexibility index (Phi) is 4.33. The van der Waals surface area contributed by atoms with Crippen LogP contribution in [0.3, 0.4) is 0 Å². The first-order valence-electron chi connectivity index (χ1n) is 4.87. The molecule has 0 saturated carbocycles. The van der Waals surface area contributed by atoms with Crippen molar-refractivity contribution < 1.29 is 4.79 Å². The Balaban J connectivity index is 2.85. The lowest BCUT2D eigenvalue weighted by Crippen LogP contribution is -2.32. The van der Waals surface area contributed by atoms with Gasteiger partial charge in [-0.1, -0.05) is 0 Å². The standard InChI is InChI=1S/C11H14BrClN2O/c1-7-8(4-5-9(12)14-7)15-10(16)11(2,3)6-13/h4-5H,6H2,1-3H3,(H,15,16). The molecule has 1 aromatic rings. The van der Waals surface area contributed by atoms with Gasteiger partial charge in [-0.2, -0.15) is 0 Å². The van der Waals surface area contributed by atoms with Crippen LogP contribution in [0.15, 0.2) is 16.7 Å². The largest absolute Gasteiger partial charge is 0.324 e. The third-order valence-electron chi connectivity index (χ3n) is 2.25. The van der Waals surface area contributed by atoms with Gasteiger partial charge in [0.05, 0.1) is 16.8 Å². The number of halogens is 2. The van der Waals surface area contributed by atoms with Gasteiger partial charge in [0.15, 0.2) is 0 Å². The van der Waals surface area contributed by atoms with Crippen LogP contribution in [0.1, 0.15) is 19.5 Å². The molecular formula is C11H14BrClN2O. The predicted octanol–water partition coefficient (Wildman–Crippen LogP) is 3.36. The summed E-state index contributed by atoms with van der Waals surface area (Å²) in [5, 5.41) is 2.82. The van der Waals surface area contributed by atoms with Gasteiger partial charge in [-0.05, 0) is 48.8 Å². The molecule has 0 fully saturated rings. The number of hydrogen-bond acceptors (Lipinski definition) is 2. The lowest BCUT2D eigenvalue weighted by molar-refractivity contribution is -0.122. The minimum absolute atomic E-state index is 0.102. The maximum Gasteiger partial charge on any atom is 0.231 e. The Hall–Kier alpha value is -0.610. The molecule has 0 aliphatic rings. The van der Waals surface area contributed by atoms with Crippen LogP contribution < -0.4 is 5.32 Å². The summed E-state index contributed by atoms with van der Waals surface area (Å²) in [6, 6.07) is 3.60. The van der Waals surface area contributed by atoms with Crippen LogP contribution in [0.4, 0.5) is 5.69 Å². The van der Waals surface area contributed by atoms with Crippen LogP contribution in [0.2, 0.25) is 0 Å². The summed E-state index contributed by atoms with van der Waals surface area (Å²) in [4.78, 5) is 16.1. The molecule has 0 spiro atoms. The van der Waals surface area contributed by atoms with E-state index >= 15 is 0 Å². The van der Waals surface area contributed by atoms with Crippen molar-refractivity contribution in [2.24, 2.45) is 5.41 Å². The van der Waals surface area contributed by atoms with E-state index < -0.39 is 5.41 Å². The normalized spacial score (nSPS) is 11.3. The highest BCUT2D eigenvalue weighted by molar-refractivity contribution is 9.10. The third-order valence-corrected chi connectivity index (χ3v) is 3.36. The molecule has 3 nitrogen and oxygen atoms in total. The first-order chi connectivity index (χ1) is 7.36. The lowest BCUT2D eigenvalue weighted by Gasteiger charge is -2.20. The van der Waals surface area contributed by atoms with Gasteiger partial charge in [0, 0.05) is 5.88 Å². The second-order valence-electron chi connectivity index (χ2n) is 4.24. The molecule has 0 aliphatic carbocycles. The summed E-state index contributed by atoms with van der Waals surface area (Å²) in [7, 11) is 0.